The number of benzene rings is 2. The third-order valence-corrected chi connectivity index (χ3v) is 2.55. The molecule has 19 heavy (non-hydrogen) atoms. The topological polar surface area (TPSA) is 46.5 Å². The van der Waals surface area contributed by atoms with Gasteiger partial charge in [0.15, 0.2) is 0 Å². The van der Waals surface area contributed by atoms with Gasteiger partial charge in [0.1, 0.15) is 6.61 Å². The van der Waals surface area contributed by atoms with Gasteiger partial charge in [0.05, 0.1) is 0 Å². The van der Waals surface area contributed by atoms with Crippen molar-refractivity contribution in [3.05, 3.63) is 73.3 Å². The molecule has 98 valence electrons. The van der Waals surface area contributed by atoms with Crippen molar-refractivity contribution < 1.29 is 14.0 Å². The van der Waals surface area contributed by atoms with Crippen LogP contribution in [0, 0.1) is 0 Å². The molecule has 0 heterocycles. The van der Waals surface area contributed by atoms with Gasteiger partial charge in [0, 0.05) is 4.57 Å². The summed E-state index contributed by atoms with van der Waals surface area (Å²) in [6.45, 7) is 3.40. The van der Waals surface area contributed by atoms with Gasteiger partial charge in [-0.2, -0.15) is 0 Å². The van der Waals surface area contributed by atoms with Gasteiger partial charge in [0.2, 0.25) is 0 Å². The van der Waals surface area contributed by atoms with Crippen LogP contribution in [0.2, 0.25) is 0 Å². The Bertz CT molecular complexity index is 460. The molecule has 0 saturated heterocycles. The van der Waals surface area contributed by atoms with E-state index >= 15 is 0 Å². The molecular formula is C15H16O3P+. The van der Waals surface area contributed by atoms with Crippen molar-refractivity contribution in [3.8, 4) is 11.1 Å². The molecule has 0 bridgehead atoms. The largest absolute Gasteiger partial charge is 0.695 e. The zero-order chi connectivity index (χ0) is 13.9. The molecular weight excluding hydrogens is 259 g/mol. The van der Waals surface area contributed by atoms with E-state index in [1.54, 1.807) is 0 Å². The van der Waals surface area contributed by atoms with Crippen LogP contribution >= 0.6 is 8.25 Å². The third kappa shape index (κ3) is 6.63. The first-order valence-corrected chi connectivity index (χ1v) is 6.87. The van der Waals surface area contributed by atoms with E-state index in [4.69, 9.17) is 4.89 Å². The van der Waals surface area contributed by atoms with Gasteiger partial charge in [-0.05, 0) is 11.1 Å². The monoisotopic (exact) mass is 275 g/mol. The Morgan fingerprint density at radius 2 is 1.42 bits per heavy atom. The first-order chi connectivity index (χ1) is 9.24. The van der Waals surface area contributed by atoms with Crippen LogP contribution < -0.4 is 0 Å². The highest BCUT2D eigenvalue weighted by Crippen LogP contribution is 2.17. The lowest BCUT2D eigenvalue weighted by atomic mass is 10.1. The Kier molecular flexibility index (Phi) is 7.37. The molecule has 0 aromatic heterocycles. The molecule has 4 heteroatoms. The Balaban J connectivity index is 0.000000224. The summed E-state index contributed by atoms with van der Waals surface area (Å²) in [5.41, 5.74) is 2.55. The highest BCUT2D eigenvalue weighted by atomic mass is 31.1. The summed E-state index contributed by atoms with van der Waals surface area (Å²) < 4.78 is 13.8. The van der Waals surface area contributed by atoms with E-state index in [1.165, 1.54) is 17.2 Å². The van der Waals surface area contributed by atoms with E-state index in [0.29, 0.717) is 0 Å². The minimum Gasteiger partial charge on any atom is -0.133 e. The Morgan fingerprint density at radius 1 is 1.00 bits per heavy atom. The Hall–Kier alpha value is -1.80. The number of hydrogen-bond acceptors (Lipinski definition) is 2. The van der Waals surface area contributed by atoms with Gasteiger partial charge in [-0.1, -0.05) is 66.7 Å². The molecule has 2 aromatic carbocycles. The number of hydrogen-bond donors (Lipinski definition) is 1. The maximum absolute atomic E-state index is 9.64. The van der Waals surface area contributed by atoms with Gasteiger partial charge in [-0.25, -0.2) is 0 Å². The van der Waals surface area contributed by atoms with E-state index in [2.05, 4.69) is 59.6 Å². The fourth-order valence-corrected chi connectivity index (χ4v) is 1.61. The quantitative estimate of drug-likeness (QED) is 0.672. The summed E-state index contributed by atoms with van der Waals surface area (Å²) in [4.78, 5) is 7.92. The summed E-state index contributed by atoms with van der Waals surface area (Å²) in [6.07, 6.45) is 1.41. The fourth-order valence-electron chi connectivity index (χ4n) is 1.38. The first kappa shape index (κ1) is 15.3. The lowest BCUT2D eigenvalue weighted by Crippen LogP contribution is -1.75. The van der Waals surface area contributed by atoms with Crippen LogP contribution in [-0.2, 0) is 9.09 Å². The summed E-state index contributed by atoms with van der Waals surface area (Å²) >= 11 is 0. The molecule has 2 rings (SSSR count). The summed E-state index contributed by atoms with van der Waals surface area (Å²) in [6, 6.07) is 20.8. The third-order valence-electron chi connectivity index (χ3n) is 2.18. The van der Waals surface area contributed by atoms with Crippen LogP contribution in [0.3, 0.4) is 0 Å². The van der Waals surface area contributed by atoms with Crippen molar-refractivity contribution in [2.24, 2.45) is 0 Å². The second-order valence-electron chi connectivity index (χ2n) is 3.55. The lowest BCUT2D eigenvalue weighted by molar-refractivity contribution is 0.312. The van der Waals surface area contributed by atoms with Crippen molar-refractivity contribution in [1.29, 1.82) is 0 Å². The molecule has 0 aliphatic heterocycles. The average Bonchev–Trinajstić information content (AvgIpc) is 2.47. The summed E-state index contributed by atoms with van der Waals surface area (Å²) in [5, 5.41) is 0. The molecule has 1 unspecified atom stereocenters. The molecule has 0 amide bonds. The van der Waals surface area contributed by atoms with E-state index < -0.39 is 8.25 Å². The molecule has 0 spiro atoms. The summed E-state index contributed by atoms with van der Waals surface area (Å²) in [5.74, 6) is 0. The van der Waals surface area contributed by atoms with Crippen LogP contribution in [0.25, 0.3) is 11.1 Å². The zero-order valence-corrected chi connectivity index (χ0v) is 11.4. The van der Waals surface area contributed by atoms with Crippen molar-refractivity contribution in [1.82, 2.24) is 0 Å². The molecule has 0 aliphatic rings. The van der Waals surface area contributed by atoms with Gasteiger partial charge in [0.25, 0.3) is 0 Å². The van der Waals surface area contributed by atoms with E-state index in [1.807, 2.05) is 12.1 Å². The van der Waals surface area contributed by atoms with E-state index in [-0.39, 0.29) is 6.61 Å². The second-order valence-corrected chi connectivity index (χ2v) is 4.29. The van der Waals surface area contributed by atoms with Gasteiger partial charge >= 0.3 is 8.25 Å². The smallest absolute Gasteiger partial charge is 0.133 e. The SMILES string of the molecule is C=CCO[P+](=O)O.c1ccc(-c2ccccc2)cc1. The van der Waals surface area contributed by atoms with Crippen LogP contribution in [0.4, 0.5) is 0 Å². The van der Waals surface area contributed by atoms with Crippen LogP contribution in [-0.4, -0.2) is 11.5 Å². The van der Waals surface area contributed by atoms with Gasteiger partial charge < -0.3 is 0 Å². The highest BCUT2D eigenvalue weighted by molar-refractivity contribution is 7.32. The molecule has 1 N–H and O–H groups in total. The molecule has 0 saturated carbocycles. The van der Waals surface area contributed by atoms with Crippen LogP contribution in [0.1, 0.15) is 0 Å². The summed E-state index contributed by atoms with van der Waals surface area (Å²) in [7, 11) is -2.43. The second kappa shape index (κ2) is 9.17. The van der Waals surface area contributed by atoms with Crippen LogP contribution in [0.15, 0.2) is 73.3 Å². The minimum absolute atomic E-state index is 0.131. The first-order valence-electron chi connectivity index (χ1n) is 5.74. The standard InChI is InChI=1S/C12H10.C3H5O3P/c1-3-7-11(8-4-1)12-9-5-2-6-10-12;1-2-3-6-7(4)5/h1-10H;2H,1,3H2/p+1. The van der Waals surface area contributed by atoms with Gasteiger partial charge in [-0.3, -0.25) is 0 Å². The normalized spacial score (nSPS) is 10.1. The molecule has 2 aromatic rings. The predicted molar refractivity (Wildman–Crippen MR) is 77.9 cm³/mol. The highest BCUT2D eigenvalue weighted by Gasteiger charge is 2.07. The molecule has 0 aliphatic carbocycles. The maximum atomic E-state index is 9.64. The van der Waals surface area contributed by atoms with Crippen molar-refractivity contribution in [2.75, 3.05) is 6.61 Å². The van der Waals surface area contributed by atoms with Gasteiger partial charge in [-0.15, -0.1) is 16.0 Å². The van der Waals surface area contributed by atoms with Crippen molar-refractivity contribution in [3.63, 3.8) is 0 Å². The van der Waals surface area contributed by atoms with E-state index in [0.717, 1.165) is 0 Å². The minimum atomic E-state index is -2.43. The molecule has 0 fully saturated rings. The maximum Gasteiger partial charge on any atom is 0.695 e. The average molecular weight is 275 g/mol. The van der Waals surface area contributed by atoms with Crippen molar-refractivity contribution >= 4 is 8.25 Å². The Labute approximate surface area is 114 Å². The Morgan fingerprint density at radius 3 is 1.68 bits per heavy atom. The molecule has 1 atom stereocenters. The molecule has 0 radical (unpaired) electrons. The van der Waals surface area contributed by atoms with Crippen LogP contribution in [0.5, 0.6) is 0 Å². The number of rotatable bonds is 4. The van der Waals surface area contributed by atoms with Crippen molar-refractivity contribution in [2.45, 2.75) is 0 Å². The zero-order valence-electron chi connectivity index (χ0n) is 10.5. The predicted octanol–water partition coefficient (Wildman–Crippen LogP) is 4.19. The van der Waals surface area contributed by atoms with E-state index in [9.17, 15) is 4.57 Å². The molecule has 3 nitrogen and oxygen atoms in total. The lowest BCUT2D eigenvalue weighted by Gasteiger charge is -1.98. The fraction of sp³-hybridized carbons (Fsp3) is 0.0667.